The highest BCUT2D eigenvalue weighted by molar-refractivity contribution is 5.89. The van der Waals surface area contributed by atoms with Crippen molar-refractivity contribution in [3.63, 3.8) is 0 Å². The van der Waals surface area contributed by atoms with Crippen molar-refractivity contribution < 1.29 is 24.9 Å². The van der Waals surface area contributed by atoms with Crippen LogP contribution in [-0.2, 0) is 11.3 Å². The summed E-state index contributed by atoms with van der Waals surface area (Å²) in [5.74, 6) is -0.847. The lowest BCUT2D eigenvalue weighted by molar-refractivity contribution is -0.0651. The molecule has 1 aromatic carbocycles. The molecule has 0 fully saturated rings. The molecule has 3 unspecified atom stereocenters. The number of esters is 1. The molecule has 0 radical (unpaired) electrons. The quantitative estimate of drug-likeness (QED) is 0.606. The number of fused-ring (bicyclic) bond motifs is 1. The molecule has 0 saturated carbocycles. The standard InChI is InChI=1S/C19H26N2O6/c1-5-14(22)17(24)15(23)9-21-13-8-11(4)10(3)7-12(13)20-16(18(21)25)19(26)27-6-2/h7-8,14-15,17,22-24H,5-6,9H2,1-4H3. The number of carbonyl (C=O) groups is 1. The van der Waals surface area contributed by atoms with Crippen LogP contribution in [0.5, 0.6) is 0 Å². The van der Waals surface area contributed by atoms with E-state index in [-0.39, 0.29) is 25.3 Å². The van der Waals surface area contributed by atoms with Gasteiger partial charge in [-0.25, -0.2) is 9.78 Å². The fourth-order valence-corrected chi connectivity index (χ4v) is 2.80. The Kier molecular flexibility index (Phi) is 6.69. The number of aliphatic hydroxyl groups is 3. The molecule has 0 amide bonds. The maximum Gasteiger partial charge on any atom is 0.362 e. The fourth-order valence-electron chi connectivity index (χ4n) is 2.80. The second kappa shape index (κ2) is 8.60. The van der Waals surface area contributed by atoms with Crippen molar-refractivity contribution in [2.45, 2.75) is 59.0 Å². The van der Waals surface area contributed by atoms with E-state index < -0.39 is 29.8 Å². The van der Waals surface area contributed by atoms with Crippen LogP contribution in [0.3, 0.4) is 0 Å². The van der Waals surface area contributed by atoms with Crippen LogP contribution in [0.4, 0.5) is 0 Å². The average Bonchev–Trinajstić information content (AvgIpc) is 2.64. The van der Waals surface area contributed by atoms with Gasteiger partial charge in [-0.3, -0.25) is 4.79 Å². The molecule has 0 bridgehead atoms. The normalized spacial score (nSPS) is 14.8. The largest absolute Gasteiger partial charge is 0.461 e. The Hall–Kier alpha value is -2.29. The predicted octanol–water partition coefficient (Wildman–Crippen LogP) is 0.683. The third-order valence-corrected chi connectivity index (χ3v) is 4.61. The first kappa shape index (κ1) is 21.0. The summed E-state index contributed by atoms with van der Waals surface area (Å²) in [5.41, 5.74) is 1.56. The van der Waals surface area contributed by atoms with Gasteiger partial charge in [0.1, 0.15) is 12.2 Å². The van der Waals surface area contributed by atoms with E-state index in [1.807, 2.05) is 13.8 Å². The minimum atomic E-state index is -1.43. The van der Waals surface area contributed by atoms with Gasteiger partial charge in [0, 0.05) is 0 Å². The molecule has 3 atom stereocenters. The van der Waals surface area contributed by atoms with Gasteiger partial charge in [-0.05, 0) is 50.5 Å². The zero-order valence-electron chi connectivity index (χ0n) is 16.0. The molecule has 2 rings (SSSR count). The molecule has 0 spiro atoms. The molecule has 0 saturated heterocycles. The number of hydrogen-bond donors (Lipinski definition) is 3. The topological polar surface area (TPSA) is 122 Å². The second-order valence-corrected chi connectivity index (χ2v) is 6.56. The summed E-state index contributed by atoms with van der Waals surface area (Å²) >= 11 is 0. The Labute approximate surface area is 157 Å². The molecule has 0 aliphatic carbocycles. The minimum Gasteiger partial charge on any atom is -0.461 e. The Balaban J connectivity index is 2.63. The molecular formula is C19H26N2O6. The first-order chi connectivity index (χ1) is 12.7. The van der Waals surface area contributed by atoms with Gasteiger partial charge in [-0.15, -0.1) is 0 Å². The van der Waals surface area contributed by atoms with Gasteiger partial charge in [-0.1, -0.05) is 6.92 Å². The van der Waals surface area contributed by atoms with Crippen molar-refractivity contribution in [3.05, 3.63) is 39.3 Å². The summed E-state index contributed by atoms with van der Waals surface area (Å²) in [6.45, 7) is 6.83. The Bertz CT molecular complexity index is 892. The molecule has 3 N–H and O–H groups in total. The monoisotopic (exact) mass is 378 g/mol. The van der Waals surface area contributed by atoms with E-state index in [0.29, 0.717) is 11.0 Å². The van der Waals surface area contributed by atoms with E-state index in [1.54, 1.807) is 26.0 Å². The maximum absolute atomic E-state index is 12.8. The van der Waals surface area contributed by atoms with Crippen molar-refractivity contribution in [3.8, 4) is 0 Å². The highest BCUT2D eigenvalue weighted by Gasteiger charge is 2.26. The zero-order chi connectivity index (χ0) is 20.3. The van der Waals surface area contributed by atoms with Crippen molar-refractivity contribution in [1.82, 2.24) is 9.55 Å². The van der Waals surface area contributed by atoms with Crippen molar-refractivity contribution in [2.24, 2.45) is 0 Å². The molecule has 1 heterocycles. The number of ether oxygens (including phenoxy) is 1. The molecule has 27 heavy (non-hydrogen) atoms. The lowest BCUT2D eigenvalue weighted by atomic mass is 10.1. The van der Waals surface area contributed by atoms with Crippen LogP contribution in [0.2, 0.25) is 0 Å². The van der Waals surface area contributed by atoms with Gasteiger partial charge < -0.3 is 24.6 Å². The smallest absolute Gasteiger partial charge is 0.362 e. The van der Waals surface area contributed by atoms with Crippen LogP contribution >= 0.6 is 0 Å². The van der Waals surface area contributed by atoms with E-state index in [2.05, 4.69) is 4.98 Å². The summed E-state index contributed by atoms with van der Waals surface area (Å²) in [5, 5.41) is 30.1. The van der Waals surface area contributed by atoms with Crippen LogP contribution in [0.1, 0.15) is 41.9 Å². The van der Waals surface area contributed by atoms with E-state index in [0.717, 1.165) is 11.1 Å². The van der Waals surface area contributed by atoms with Gasteiger partial charge in [0.15, 0.2) is 0 Å². The number of rotatable bonds is 7. The molecular weight excluding hydrogens is 352 g/mol. The molecule has 1 aromatic heterocycles. The first-order valence-electron chi connectivity index (χ1n) is 8.94. The summed E-state index contributed by atoms with van der Waals surface area (Å²) in [4.78, 5) is 29.1. The Morgan fingerprint density at radius 3 is 2.37 bits per heavy atom. The van der Waals surface area contributed by atoms with Crippen LogP contribution < -0.4 is 5.56 Å². The molecule has 8 nitrogen and oxygen atoms in total. The first-order valence-corrected chi connectivity index (χ1v) is 8.94. The predicted molar refractivity (Wildman–Crippen MR) is 99.7 cm³/mol. The van der Waals surface area contributed by atoms with Gasteiger partial charge >= 0.3 is 5.97 Å². The SMILES string of the molecule is CCOC(=O)c1nc2cc(C)c(C)cc2n(CC(O)C(O)C(O)CC)c1=O. The van der Waals surface area contributed by atoms with Crippen molar-refractivity contribution >= 4 is 17.0 Å². The van der Waals surface area contributed by atoms with E-state index in [4.69, 9.17) is 4.74 Å². The van der Waals surface area contributed by atoms with E-state index in [1.165, 1.54) is 4.57 Å². The van der Waals surface area contributed by atoms with Crippen LogP contribution in [0, 0.1) is 13.8 Å². The number of aliphatic hydroxyl groups excluding tert-OH is 3. The molecule has 0 aliphatic rings. The Morgan fingerprint density at radius 1 is 1.15 bits per heavy atom. The second-order valence-electron chi connectivity index (χ2n) is 6.56. The Morgan fingerprint density at radius 2 is 1.78 bits per heavy atom. The average molecular weight is 378 g/mol. The number of carbonyl (C=O) groups excluding carboxylic acids is 1. The molecule has 8 heteroatoms. The maximum atomic E-state index is 12.8. The third kappa shape index (κ3) is 4.35. The lowest BCUT2D eigenvalue weighted by Crippen LogP contribution is -2.42. The highest BCUT2D eigenvalue weighted by Crippen LogP contribution is 2.18. The fraction of sp³-hybridized carbons (Fsp3) is 0.526. The zero-order valence-corrected chi connectivity index (χ0v) is 16.0. The summed E-state index contributed by atoms with van der Waals surface area (Å²) < 4.78 is 6.10. The van der Waals surface area contributed by atoms with Gasteiger partial charge in [0.25, 0.3) is 5.56 Å². The number of aryl methyl sites for hydroxylation is 2. The van der Waals surface area contributed by atoms with Crippen molar-refractivity contribution in [2.75, 3.05) is 6.61 Å². The lowest BCUT2D eigenvalue weighted by Gasteiger charge is -2.23. The number of aromatic nitrogens is 2. The van der Waals surface area contributed by atoms with Gasteiger partial charge in [0.05, 0.1) is 30.3 Å². The third-order valence-electron chi connectivity index (χ3n) is 4.61. The number of nitrogens with zero attached hydrogens (tertiary/aromatic N) is 2. The summed E-state index contributed by atoms with van der Waals surface area (Å²) in [6.07, 6.45) is -3.71. The van der Waals surface area contributed by atoms with Gasteiger partial charge in [0.2, 0.25) is 5.69 Å². The van der Waals surface area contributed by atoms with Crippen LogP contribution in [0.15, 0.2) is 16.9 Å². The number of benzene rings is 1. The number of hydrogen-bond acceptors (Lipinski definition) is 7. The molecule has 2 aromatic rings. The minimum absolute atomic E-state index is 0.0922. The van der Waals surface area contributed by atoms with E-state index >= 15 is 0 Å². The summed E-state index contributed by atoms with van der Waals surface area (Å²) in [7, 11) is 0. The highest BCUT2D eigenvalue weighted by atomic mass is 16.5. The van der Waals surface area contributed by atoms with Gasteiger partial charge in [-0.2, -0.15) is 0 Å². The van der Waals surface area contributed by atoms with E-state index in [9.17, 15) is 24.9 Å². The molecule has 148 valence electrons. The van der Waals surface area contributed by atoms with Crippen LogP contribution in [0.25, 0.3) is 11.0 Å². The van der Waals surface area contributed by atoms with Crippen LogP contribution in [-0.4, -0.2) is 55.8 Å². The summed E-state index contributed by atoms with van der Waals surface area (Å²) in [6, 6.07) is 3.48. The van der Waals surface area contributed by atoms with Crippen molar-refractivity contribution in [1.29, 1.82) is 0 Å². The molecule has 0 aliphatic heterocycles.